The smallest absolute Gasteiger partial charge is 0.0406 e. The van der Waals surface area contributed by atoms with E-state index < -0.39 is 0 Å². The largest absolute Gasteiger partial charge is 0.354 e. The number of aromatic nitrogens is 1. The summed E-state index contributed by atoms with van der Waals surface area (Å²) in [5.74, 6) is 0. The van der Waals surface area contributed by atoms with Gasteiger partial charge in [-0.25, -0.2) is 0 Å². The van der Waals surface area contributed by atoms with Crippen molar-refractivity contribution in [2.24, 2.45) is 0 Å². The molecule has 0 spiro atoms. The van der Waals surface area contributed by atoms with Crippen LogP contribution in [0.2, 0.25) is 5.02 Å². The van der Waals surface area contributed by atoms with Gasteiger partial charge in [-0.15, -0.1) is 0 Å². The molecule has 1 aromatic carbocycles. The lowest BCUT2D eigenvalue weighted by atomic mass is 9.99. The lowest BCUT2D eigenvalue weighted by molar-refractivity contribution is 0.292. The second-order valence-corrected chi connectivity index (χ2v) is 6.35. The number of benzene rings is 1. The van der Waals surface area contributed by atoms with Crippen LogP contribution in [0, 0.1) is 0 Å². The van der Waals surface area contributed by atoms with E-state index in [2.05, 4.69) is 52.2 Å². The zero-order chi connectivity index (χ0) is 15.2. The number of unbranched alkanes of at least 4 members (excludes halogenated alkanes) is 1. The van der Waals surface area contributed by atoms with Gasteiger partial charge in [0.25, 0.3) is 0 Å². The van der Waals surface area contributed by atoms with Crippen LogP contribution in [0.1, 0.15) is 24.8 Å². The SMILES string of the molecule is Clc1ccc(C2=CCN(CCCCn3cccc3)CC2)cc1. The average molecular weight is 315 g/mol. The van der Waals surface area contributed by atoms with Crippen LogP contribution in [0.4, 0.5) is 0 Å². The summed E-state index contributed by atoms with van der Waals surface area (Å²) < 4.78 is 2.26. The zero-order valence-corrected chi connectivity index (χ0v) is 13.7. The number of hydrogen-bond acceptors (Lipinski definition) is 1. The quantitative estimate of drug-likeness (QED) is 0.701. The second kappa shape index (κ2) is 7.66. The Bertz CT molecular complexity index is 599. The maximum Gasteiger partial charge on any atom is 0.0406 e. The lowest BCUT2D eigenvalue weighted by Gasteiger charge is -2.26. The Morgan fingerprint density at radius 3 is 2.36 bits per heavy atom. The third-order valence-electron chi connectivity index (χ3n) is 4.32. The van der Waals surface area contributed by atoms with Gasteiger partial charge in [-0.1, -0.05) is 29.8 Å². The van der Waals surface area contributed by atoms with E-state index >= 15 is 0 Å². The average Bonchev–Trinajstić information content (AvgIpc) is 3.06. The highest BCUT2D eigenvalue weighted by atomic mass is 35.5. The van der Waals surface area contributed by atoms with E-state index in [9.17, 15) is 0 Å². The molecule has 0 saturated carbocycles. The number of hydrogen-bond donors (Lipinski definition) is 0. The molecule has 1 aliphatic heterocycles. The Labute approximate surface area is 138 Å². The van der Waals surface area contributed by atoms with Crippen molar-refractivity contribution in [1.29, 1.82) is 0 Å². The predicted octanol–water partition coefficient (Wildman–Crippen LogP) is 4.71. The van der Waals surface area contributed by atoms with Crippen LogP contribution in [-0.2, 0) is 6.54 Å². The molecular weight excluding hydrogens is 292 g/mol. The molecule has 0 amide bonds. The number of halogens is 1. The van der Waals surface area contributed by atoms with Crippen LogP contribution in [0.15, 0.2) is 54.9 Å². The topological polar surface area (TPSA) is 8.17 Å². The van der Waals surface area contributed by atoms with Gasteiger partial charge >= 0.3 is 0 Å². The minimum Gasteiger partial charge on any atom is -0.354 e. The maximum atomic E-state index is 5.95. The molecule has 0 atom stereocenters. The van der Waals surface area contributed by atoms with Crippen molar-refractivity contribution in [3.63, 3.8) is 0 Å². The van der Waals surface area contributed by atoms with Crippen molar-refractivity contribution >= 4 is 17.2 Å². The van der Waals surface area contributed by atoms with Crippen LogP contribution >= 0.6 is 11.6 Å². The highest BCUT2D eigenvalue weighted by molar-refractivity contribution is 6.30. The summed E-state index contributed by atoms with van der Waals surface area (Å²) in [7, 11) is 0. The van der Waals surface area contributed by atoms with Crippen molar-refractivity contribution in [2.45, 2.75) is 25.8 Å². The minimum atomic E-state index is 0.810. The van der Waals surface area contributed by atoms with Crippen molar-refractivity contribution in [3.05, 3.63) is 65.5 Å². The molecular formula is C19H23ClN2. The lowest BCUT2D eigenvalue weighted by Crippen LogP contribution is -2.29. The minimum absolute atomic E-state index is 0.810. The van der Waals surface area contributed by atoms with E-state index in [0.717, 1.165) is 31.1 Å². The van der Waals surface area contributed by atoms with Crippen molar-refractivity contribution in [1.82, 2.24) is 9.47 Å². The van der Waals surface area contributed by atoms with Crippen molar-refractivity contribution in [2.75, 3.05) is 19.6 Å². The summed E-state index contributed by atoms with van der Waals surface area (Å²) in [6, 6.07) is 12.4. The van der Waals surface area contributed by atoms with Gasteiger partial charge in [0.1, 0.15) is 0 Å². The highest BCUT2D eigenvalue weighted by Crippen LogP contribution is 2.23. The third kappa shape index (κ3) is 4.25. The number of rotatable bonds is 6. The molecule has 1 aromatic heterocycles. The summed E-state index contributed by atoms with van der Waals surface area (Å²) in [6.07, 6.45) is 10.3. The van der Waals surface area contributed by atoms with E-state index in [1.165, 1.54) is 30.5 Å². The van der Waals surface area contributed by atoms with Gasteiger partial charge < -0.3 is 4.57 Å². The maximum absolute atomic E-state index is 5.95. The molecule has 3 rings (SSSR count). The van der Waals surface area contributed by atoms with Gasteiger partial charge in [0.2, 0.25) is 0 Å². The van der Waals surface area contributed by atoms with Crippen LogP contribution < -0.4 is 0 Å². The first-order valence-electron chi connectivity index (χ1n) is 8.09. The van der Waals surface area contributed by atoms with E-state index in [-0.39, 0.29) is 0 Å². The van der Waals surface area contributed by atoms with Gasteiger partial charge in [0.05, 0.1) is 0 Å². The van der Waals surface area contributed by atoms with Gasteiger partial charge in [-0.05, 0) is 61.2 Å². The summed E-state index contributed by atoms with van der Waals surface area (Å²) >= 11 is 5.95. The van der Waals surface area contributed by atoms with Gasteiger partial charge in [-0.3, -0.25) is 4.90 Å². The fourth-order valence-corrected chi connectivity index (χ4v) is 3.12. The van der Waals surface area contributed by atoms with Crippen LogP contribution in [0.3, 0.4) is 0 Å². The van der Waals surface area contributed by atoms with E-state index in [1.807, 2.05) is 12.1 Å². The molecule has 0 fully saturated rings. The van der Waals surface area contributed by atoms with Crippen LogP contribution in [0.25, 0.3) is 5.57 Å². The van der Waals surface area contributed by atoms with Gasteiger partial charge in [-0.2, -0.15) is 0 Å². The number of aryl methyl sites for hydroxylation is 1. The summed E-state index contributed by atoms with van der Waals surface area (Å²) in [6.45, 7) is 4.57. The zero-order valence-electron chi connectivity index (χ0n) is 12.9. The summed E-state index contributed by atoms with van der Waals surface area (Å²) in [5, 5.41) is 0.810. The fraction of sp³-hybridized carbons (Fsp3) is 0.368. The molecule has 2 nitrogen and oxygen atoms in total. The third-order valence-corrected chi connectivity index (χ3v) is 4.57. The Morgan fingerprint density at radius 2 is 1.68 bits per heavy atom. The van der Waals surface area contributed by atoms with Crippen molar-refractivity contribution < 1.29 is 0 Å². The molecule has 0 bridgehead atoms. The molecule has 2 aromatic rings. The number of nitrogens with zero attached hydrogens (tertiary/aromatic N) is 2. The Kier molecular flexibility index (Phi) is 5.36. The monoisotopic (exact) mass is 314 g/mol. The molecule has 0 N–H and O–H groups in total. The molecule has 2 heterocycles. The molecule has 3 heteroatoms. The van der Waals surface area contributed by atoms with Crippen LogP contribution in [-0.4, -0.2) is 29.1 Å². The van der Waals surface area contributed by atoms with E-state index in [4.69, 9.17) is 11.6 Å². The molecule has 116 valence electrons. The first-order chi connectivity index (χ1) is 10.8. The molecule has 1 aliphatic rings. The summed E-state index contributed by atoms with van der Waals surface area (Å²) in [5.41, 5.74) is 2.77. The second-order valence-electron chi connectivity index (χ2n) is 5.91. The van der Waals surface area contributed by atoms with E-state index in [1.54, 1.807) is 0 Å². The van der Waals surface area contributed by atoms with Crippen LogP contribution in [0.5, 0.6) is 0 Å². The highest BCUT2D eigenvalue weighted by Gasteiger charge is 2.12. The summed E-state index contributed by atoms with van der Waals surface area (Å²) in [4.78, 5) is 2.55. The normalized spacial score (nSPS) is 15.8. The molecule has 0 unspecified atom stereocenters. The van der Waals surface area contributed by atoms with E-state index in [0.29, 0.717) is 0 Å². The Hall–Kier alpha value is -1.51. The molecule has 0 saturated heterocycles. The van der Waals surface area contributed by atoms with Crippen molar-refractivity contribution in [3.8, 4) is 0 Å². The molecule has 0 radical (unpaired) electrons. The Balaban J connectivity index is 1.42. The van der Waals surface area contributed by atoms with Gasteiger partial charge in [0, 0.05) is 37.1 Å². The van der Waals surface area contributed by atoms with Gasteiger partial charge in [0.15, 0.2) is 0 Å². The molecule has 22 heavy (non-hydrogen) atoms. The molecule has 0 aliphatic carbocycles. The standard InChI is InChI=1S/C19H23ClN2/c20-19-7-5-17(6-8-19)18-9-15-22(16-10-18)14-4-3-13-21-11-1-2-12-21/h1-2,5-9,11-12H,3-4,10,13-16H2. The first-order valence-corrected chi connectivity index (χ1v) is 8.47. The fourth-order valence-electron chi connectivity index (χ4n) is 2.99. The predicted molar refractivity (Wildman–Crippen MR) is 94.2 cm³/mol. The Morgan fingerprint density at radius 1 is 0.955 bits per heavy atom. The first kappa shape index (κ1) is 15.4.